The zero-order valence-corrected chi connectivity index (χ0v) is 19.9. The van der Waals surface area contributed by atoms with E-state index < -0.39 is 41.3 Å². The minimum atomic E-state index is -1.35. The quantitative estimate of drug-likeness (QED) is 0.105. The average Bonchev–Trinajstić information content (AvgIpc) is 2.84. The summed E-state index contributed by atoms with van der Waals surface area (Å²) in [6, 6.07) is 7.09. The molecule has 3 N–H and O–H groups in total. The largest absolute Gasteiger partial charge is 0.477 e. The summed E-state index contributed by atoms with van der Waals surface area (Å²) >= 11 is 6.72. The standard InChI is InChI=1S/C21H21ClN4O8S/c1-11(27)33-9-13-10-35-19-15(18(29)26(19)16(13)20(30)31)24-17(28)14(12-5-3-2-4-6-12)25-34-21(32)23-8-7-22/h2-6,15,19H,7-10H2,1H3,(H,23,32)(H,24,28)(H,30,31)/b25-14+/t15-,19-/m1/s1. The van der Waals surface area contributed by atoms with Crippen molar-refractivity contribution in [2.75, 3.05) is 24.8 Å². The Bertz CT molecular complexity index is 1090. The van der Waals surface area contributed by atoms with E-state index in [0.717, 1.165) is 4.90 Å². The predicted molar refractivity (Wildman–Crippen MR) is 125 cm³/mol. The molecule has 12 nitrogen and oxygen atoms in total. The third-order valence-corrected chi connectivity index (χ3v) is 6.36. The smallest absolute Gasteiger partial charge is 0.433 e. The van der Waals surface area contributed by atoms with Crippen LogP contribution in [0.3, 0.4) is 0 Å². The maximum Gasteiger partial charge on any atom is 0.433 e. The third kappa shape index (κ3) is 6.11. The number of nitrogens with one attached hydrogen (secondary N) is 2. The molecule has 3 rings (SSSR count). The zero-order chi connectivity index (χ0) is 25.5. The second-order valence-corrected chi connectivity index (χ2v) is 8.68. The van der Waals surface area contributed by atoms with Crippen LogP contribution in [0, 0.1) is 0 Å². The van der Waals surface area contributed by atoms with Crippen LogP contribution in [-0.2, 0) is 28.8 Å². The van der Waals surface area contributed by atoms with Gasteiger partial charge in [0, 0.05) is 36.2 Å². The monoisotopic (exact) mass is 524 g/mol. The number of carboxylic acids is 1. The fraction of sp³-hybridized carbons (Fsp3) is 0.333. The van der Waals surface area contributed by atoms with Gasteiger partial charge in [-0.15, -0.1) is 23.4 Å². The molecule has 0 saturated carbocycles. The molecule has 1 aromatic rings. The number of rotatable bonds is 9. The Hall–Kier alpha value is -3.58. The molecule has 0 unspecified atom stereocenters. The molecule has 2 atom stereocenters. The number of aliphatic carboxylic acids is 1. The minimum absolute atomic E-state index is 0.132. The maximum atomic E-state index is 13.0. The molecule has 2 aliphatic rings. The van der Waals surface area contributed by atoms with Crippen molar-refractivity contribution in [2.45, 2.75) is 18.3 Å². The molecule has 0 aromatic heterocycles. The van der Waals surface area contributed by atoms with Gasteiger partial charge in [-0.05, 0) is 0 Å². The summed E-state index contributed by atoms with van der Waals surface area (Å²) in [4.78, 5) is 66.3. The van der Waals surface area contributed by atoms with Crippen LogP contribution in [0.2, 0.25) is 0 Å². The fourth-order valence-corrected chi connectivity index (χ4v) is 4.70. The second kappa shape index (κ2) is 11.7. The Balaban J connectivity index is 1.77. The number of benzene rings is 1. The Morgan fingerprint density at radius 2 is 1.97 bits per heavy atom. The van der Waals surface area contributed by atoms with Crippen LogP contribution in [0.1, 0.15) is 12.5 Å². The highest BCUT2D eigenvalue weighted by Crippen LogP contribution is 2.40. The number of amides is 3. The van der Waals surface area contributed by atoms with E-state index in [1.807, 2.05) is 0 Å². The summed E-state index contributed by atoms with van der Waals surface area (Å²) in [6.07, 6.45) is -0.919. The van der Waals surface area contributed by atoms with Crippen molar-refractivity contribution >= 4 is 58.9 Å². The van der Waals surface area contributed by atoms with Crippen molar-refractivity contribution < 1.29 is 38.7 Å². The number of nitrogens with zero attached hydrogens (tertiary/aromatic N) is 2. The van der Waals surface area contributed by atoms with Gasteiger partial charge >= 0.3 is 18.0 Å². The first kappa shape index (κ1) is 26.0. The molecular formula is C21H21ClN4O8S. The molecule has 0 bridgehead atoms. The number of halogens is 1. The Kier molecular flexibility index (Phi) is 8.71. The number of β-lactam (4-membered cyclic amide) rings is 1. The van der Waals surface area contributed by atoms with Crippen LogP contribution in [0.5, 0.6) is 0 Å². The van der Waals surface area contributed by atoms with Crippen LogP contribution in [0.15, 0.2) is 46.8 Å². The Labute approximate surface area is 208 Å². The molecule has 14 heteroatoms. The summed E-state index contributed by atoms with van der Waals surface area (Å²) in [7, 11) is 0. The highest BCUT2D eigenvalue weighted by atomic mass is 35.5. The van der Waals surface area contributed by atoms with Gasteiger partial charge in [0.15, 0.2) is 5.71 Å². The van der Waals surface area contributed by atoms with Gasteiger partial charge in [-0.1, -0.05) is 35.5 Å². The molecule has 186 valence electrons. The number of esters is 1. The summed E-state index contributed by atoms with van der Waals surface area (Å²) < 4.78 is 4.90. The minimum Gasteiger partial charge on any atom is -0.477 e. The zero-order valence-electron chi connectivity index (χ0n) is 18.4. The molecule has 1 aromatic carbocycles. The summed E-state index contributed by atoms with van der Waals surface area (Å²) in [6.45, 7) is 1.07. The number of alkyl halides is 1. The topological polar surface area (TPSA) is 164 Å². The van der Waals surface area contributed by atoms with Crippen molar-refractivity contribution in [2.24, 2.45) is 5.16 Å². The summed E-state index contributed by atoms with van der Waals surface area (Å²) in [5.74, 6) is -3.05. The number of hydrogen-bond donors (Lipinski definition) is 3. The molecule has 3 amide bonds. The molecule has 0 aliphatic carbocycles. The molecular weight excluding hydrogens is 504 g/mol. The lowest BCUT2D eigenvalue weighted by molar-refractivity contribution is -0.150. The van der Waals surface area contributed by atoms with E-state index >= 15 is 0 Å². The molecule has 35 heavy (non-hydrogen) atoms. The van der Waals surface area contributed by atoms with Gasteiger partial charge in [0.05, 0.1) is 0 Å². The summed E-state index contributed by atoms with van der Waals surface area (Å²) in [5, 5.41) is 17.5. The van der Waals surface area contributed by atoms with E-state index in [9.17, 15) is 29.1 Å². The van der Waals surface area contributed by atoms with Gasteiger partial charge in [0.25, 0.3) is 11.8 Å². The molecule has 1 saturated heterocycles. The normalized spacial score (nSPS) is 19.3. The van der Waals surface area contributed by atoms with E-state index in [4.69, 9.17) is 21.2 Å². The molecule has 2 aliphatic heterocycles. The first-order valence-corrected chi connectivity index (χ1v) is 11.8. The second-order valence-electron chi connectivity index (χ2n) is 7.20. The highest BCUT2D eigenvalue weighted by Gasteiger charge is 2.54. The van der Waals surface area contributed by atoms with Gasteiger partial charge in [-0.3, -0.25) is 24.1 Å². The van der Waals surface area contributed by atoms with Crippen molar-refractivity contribution in [1.82, 2.24) is 15.5 Å². The van der Waals surface area contributed by atoms with Gasteiger partial charge in [-0.2, -0.15) is 0 Å². The highest BCUT2D eigenvalue weighted by molar-refractivity contribution is 8.00. The van der Waals surface area contributed by atoms with E-state index in [1.54, 1.807) is 30.3 Å². The number of ether oxygens (including phenoxy) is 1. The van der Waals surface area contributed by atoms with Crippen LogP contribution in [0.25, 0.3) is 0 Å². The SMILES string of the molecule is CC(=O)OCC1=C(C(=O)O)N2C(=O)[C@@H](NC(=O)/C(=N/OC(=O)NCCCl)c3ccccc3)[C@H]2SC1. The lowest BCUT2D eigenvalue weighted by Gasteiger charge is -2.49. The van der Waals surface area contributed by atoms with Crippen LogP contribution in [0.4, 0.5) is 4.79 Å². The maximum absolute atomic E-state index is 13.0. The lowest BCUT2D eigenvalue weighted by atomic mass is 10.0. The van der Waals surface area contributed by atoms with E-state index in [0.29, 0.717) is 5.56 Å². The predicted octanol–water partition coefficient (Wildman–Crippen LogP) is 0.657. The van der Waals surface area contributed by atoms with Crippen LogP contribution < -0.4 is 10.6 Å². The van der Waals surface area contributed by atoms with E-state index in [1.165, 1.54) is 18.7 Å². The Morgan fingerprint density at radius 1 is 1.26 bits per heavy atom. The fourth-order valence-electron chi connectivity index (χ4n) is 3.28. The third-order valence-electron chi connectivity index (χ3n) is 4.83. The van der Waals surface area contributed by atoms with Gasteiger partial charge in [-0.25, -0.2) is 9.59 Å². The number of hydrogen-bond acceptors (Lipinski definition) is 9. The van der Waals surface area contributed by atoms with Gasteiger partial charge in [0.1, 0.15) is 23.7 Å². The van der Waals surface area contributed by atoms with E-state index in [-0.39, 0.29) is 41.8 Å². The van der Waals surface area contributed by atoms with Crippen molar-refractivity contribution in [3.8, 4) is 0 Å². The molecule has 2 heterocycles. The van der Waals surface area contributed by atoms with Crippen molar-refractivity contribution in [3.05, 3.63) is 47.2 Å². The first-order chi connectivity index (χ1) is 16.7. The van der Waals surface area contributed by atoms with Crippen LogP contribution >= 0.6 is 23.4 Å². The number of carbonyl (C=O) groups is 5. The number of carboxylic acid groups (broad SMARTS) is 1. The van der Waals surface area contributed by atoms with Crippen molar-refractivity contribution in [3.63, 3.8) is 0 Å². The number of thioether (sulfide) groups is 1. The average molecular weight is 525 g/mol. The van der Waals surface area contributed by atoms with E-state index in [2.05, 4.69) is 15.8 Å². The first-order valence-electron chi connectivity index (χ1n) is 10.2. The van der Waals surface area contributed by atoms with Crippen molar-refractivity contribution in [1.29, 1.82) is 0 Å². The summed E-state index contributed by atoms with van der Waals surface area (Å²) in [5.41, 5.74) is 0.0600. The van der Waals surface area contributed by atoms with Crippen LogP contribution in [-0.4, -0.2) is 81.8 Å². The lowest BCUT2D eigenvalue weighted by Crippen LogP contribution is -2.71. The Morgan fingerprint density at radius 3 is 2.60 bits per heavy atom. The molecule has 0 spiro atoms. The number of fused-ring (bicyclic) bond motifs is 1. The molecule has 0 radical (unpaired) electrons. The number of carbonyl (C=O) groups excluding carboxylic acids is 4. The molecule has 1 fully saturated rings. The number of oxime groups is 1. The van der Waals surface area contributed by atoms with Gasteiger partial charge in [0.2, 0.25) is 0 Å². The van der Waals surface area contributed by atoms with Gasteiger partial charge < -0.3 is 20.5 Å².